The van der Waals surface area contributed by atoms with Crippen molar-refractivity contribution in [3.05, 3.63) is 0 Å². The fraction of sp³-hybridized carbons (Fsp3) is 0. The van der Waals surface area contributed by atoms with Gasteiger partial charge in [-0.25, -0.2) is 0 Å². The van der Waals surface area contributed by atoms with Gasteiger partial charge in [0.15, 0.2) is 0 Å². The Labute approximate surface area is 40.1 Å². The second-order valence-corrected chi connectivity index (χ2v) is 0.412. The van der Waals surface area contributed by atoms with Gasteiger partial charge in [0, 0.05) is 0 Å². The van der Waals surface area contributed by atoms with Gasteiger partial charge in [0.05, 0.1) is 0 Å². The van der Waals surface area contributed by atoms with Crippen molar-refractivity contribution >= 4 is 12.4 Å². The Hall–Kier alpha value is 0.924. The molecule has 0 amide bonds. The molecule has 0 saturated heterocycles. The van der Waals surface area contributed by atoms with E-state index in [9.17, 15) is 0 Å². The van der Waals surface area contributed by atoms with Crippen LogP contribution in [0.5, 0.6) is 0 Å². The minimum absolute atomic E-state index is 0. The second kappa shape index (κ2) is 9.06. The number of rotatable bonds is 0. The van der Waals surface area contributed by atoms with E-state index < -0.39 is 19.9 Å². The fourth-order valence-electron chi connectivity index (χ4n) is 0. The Morgan fingerprint density at radius 1 is 1.25 bits per heavy atom. The number of hydrogen-bond donors (Lipinski definition) is 2. The molecule has 4 heteroatoms. The first-order valence-electron chi connectivity index (χ1n) is 0.447. The van der Waals surface area contributed by atoms with Crippen LogP contribution in [0.3, 0.4) is 0 Å². The molecule has 0 bridgehead atoms. The summed E-state index contributed by atoms with van der Waals surface area (Å²) in [5.74, 6) is 0. The molecule has 2 nitrogen and oxygen atoms in total. The average Bonchev–Trinajstić information content (AvgIpc) is 0.918. The van der Waals surface area contributed by atoms with Gasteiger partial charge in [0.1, 0.15) is 0 Å². The van der Waals surface area contributed by atoms with Crippen molar-refractivity contribution in [2.75, 3.05) is 0 Å². The van der Waals surface area contributed by atoms with Crippen molar-refractivity contribution in [2.24, 2.45) is 0 Å². The summed E-state index contributed by atoms with van der Waals surface area (Å²) < 4.78 is 14.5. The summed E-state index contributed by atoms with van der Waals surface area (Å²) in [6.45, 7) is 0. The topological polar surface area (TPSA) is 40.5 Å². The zero-order valence-corrected chi connectivity index (χ0v) is 4.18. The minimum atomic E-state index is -1.50. The maximum atomic E-state index is 7.25. The van der Waals surface area contributed by atoms with Gasteiger partial charge in [-0.1, -0.05) is 0 Å². The van der Waals surface area contributed by atoms with Gasteiger partial charge in [-0.2, -0.15) is 0 Å². The van der Waals surface area contributed by atoms with Crippen LogP contribution < -0.4 is 0 Å². The number of hydrogen-bond acceptors (Lipinski definition) is 2. The van der Waals surface area contributed by atoms with Crippen LogP contribution in [-0.2, 0) is 19.9 Å². The maximum absolute atomic E-state index is 7.25. The van der Waals surface area contributed by atoms with Crippen molar-refractivity contribution in [1.29, 1.82) is 0 Å². The predicted molar refractivity (Wildman–Crippen MR) is 11.7 cm³/mol. The fourth-order valence-corrected chi connectivity index (χ4v) is 0. The van der Waals surface area contributed by atoms with Crippen molar-refractivity contribution < 1.29 is 27.3 Å². The number of halogens is 1. The van der Waals surface area contributed by atoms with Crippen molar-refractivity contribution in [1.82, 2.24) is 0 Å². The first-order chi connectivity index (χ1) is 1.41. The third-order valence-electron chi connectivity index (χ3n) is 0. The molecule has 0 heterocycles. The standard InChI is InChI=1S/ClH.2H2O.Ti/h1H;2*1H2;/q;;;+2/p-2. The van der Waals surface area contributed by atoms with Gasteiger partial charge < -0.3 is 0 Å². The summed E-state index contributed by atoms with van der Waals surface area (Å²) >= 11 is -1.50. The first-order valence-corrected chi connectivity index (χ1v) is 1.84. The van der Waals surface area contributed by atoms with Crippen LogP contribution in [0.1, 0.15) is 0 Å². The van der Waals surface area contributed by atoms with Gasteiger partial charge in [-0.3, -0.25) is 0 Å². The van der Waals surface area contributed by atoms with Gasteiger partial charge in [-0.15, -0.1) is 12.4 Å². The normalized spacial score (nSPS) is 3.50. The summed E-state index contributed by atoms with van der Waals surface area (Å²) in [6, 6.07) is 0. The molecule has 0 fully saturated rings. The van der Waals surface area contributed by atoms with Crippen molar-refractivity contribution in [3.63, 3.8) is 0 Å². The zero-order valence-electron chi connectivity index (χ0n) is 1.80. The third kappa shape index (κ3) is 12.7. The first kappa shape index (κ1) is 8.87. The van der Waals surface area contributed by atoms with E-state index in [-0.39, 0.29) is 12.4 Å². The van der Waals surface area contributed by atoms with E-state index in [4.69, 9.17) is 7.38 Å². The van der Waals surface area contributed by atoms with Gasteiger partial charge in [0.2, 0.25) is 0 Å². The molecule has 0 saturated carbocycles. The molecule has 0 aromatic heterocycles. The SMILES string of the molecule is Cl.[OH][Ti][OH]. The van der Waals surface area contributed by atoms with Crippen LogP contribution in [0, 0.1) is 0 Å². The Bertz CT molecular complexity index is 6.00. The van der Waals surface area contributed by atoms with Crippen LogP contribution in [0.4, 0.5) is 0 Å². The third-order valence-corrected chi connectivity index (χ3v) is 0. The molecule has 0 unspecified atom stereocenters. The van der Waals surface area contributed by atoms with Crippen LogP contribution in [0.15, 0.2) is 0 Å². The predicted octanol–water partition coefficient (Wildman–Crippen LogP) is -0.695. The molecule has 26 valence electrons. The van der Waals surface area contributed by atoms with E-state index >= 15 is 0 Å². The zero-order chi connectivity index (χ0) is 2.71. The van der Waals surface area contributed by atoms with Crippen LogP contribution >= 0.6 is 12.4 Å². The van der Waals surface area contributed by atoms with E-state index in [1.807, 2.05) is 0 Å². The summed E-state index contributed by atoms with van der Waals surface area (Å²) in [5, 5.41) is 0. The molecule has 0 aromatic carbocycles. The molecule has 0 rings (SSSR count). The molecule has 0 aliphatic rings. The Morgan fingerprint density at radius 3 is 1.25 bits per heavy atom. The molecule has 2 N–H and O–H groups in total. The van der Waals surface area contributed by atoms with E-state index in [2.05, 4.69) is 0 Å². The summed E-state index contributed by atoms with van der Waals surface area (Å²) in [5.41, 5.74) is 0. The van der Waals surface area contributed by atoms with Gasteiger partial charge in [0.25, 0.3) is 0 Å². The summed E-state index contributed by atoms with van der Waals surface area (Å²) in [7, 11) is 0. The molecular weight excluding hydrogens is 115 g/mol. The van der Waals surface area contributed by atoms with E-state index in [1.54, 1.807) is 0 Å². The summed E-state index contributed by atoms with van der Waals surface area (Å²) in [4.78, 5) is 0. The summed E-state index contributed by atoms with van der Waals surface area (Å²) in [6.07, 6.45) is 0. The van der Waals surface area contributed by atoms with Crippen LogP contribution in [0.25, 0.3) is 0 Å². The van der Waals surface area contributed by atoms with Crippen molar-refractivity contribution in [3.8, 4) is 0 Å². The Balaban J connectivity index is 0. The average molecular weight is 118 g/mol. The quantitative estimate of drug-likeness (QED) is 0.413. The van der Waals surface area contributed by atoms with Gasteiger partial charge in [-0.05, 0) is 0 Å². The monoisotopic (exact) mass is 118 g/mol. The van der Waals surface area contributed by atoms with Gasteiger partial charge >= 0.3 is 27.3 Å². The molecule has 4 heavy (non-hydrogen) atoms. The van der Waals surface area contributed by atoms with E-state index in [1.165, 1.54) is 0 Å². The Morgan fingerprint density at radius 2 is 1.25 bits per heavy atom. The molecule has 0 aliphatic carbocycles. The molecule has 0 atom stereocenters. The van der Waals surface area contributed by atoms with Crippen LogP contribution in [-0.4, -0.2) is 7.38 Å². The van der Waals surface area contributed by atoms with Crippen LogP contribution in [0.2, 0.25) is 0 Å². The Kier molecular flexibility index (Phi) is 20.1. The molecule has 0 radical (unpaired) electrons. The molecule has 0 aromatic rings. The van der Waals surface area contributed by atoms with E-state index in [0.29, 0.717) is 0 Å². The second-order valence-electron chi connectivity index (χ2n) is 0.100. The van der Waals surface area contributed by atoms with Crippen molar-refractivity contribution in [2.45, 2.75) is 0 Å². The van der Waals surface area contributed by atoms with E-state index in [0.717, 1.165) is 0 Å². The molecular formula is H3ClO2Ti. The molecule has 0 spiro atoms. The molecule has 0 aliphatic heterocycles.